The van der Waals surface area contributed by atoms with Gasteiger partial charge in [-0.05, 0) is 75.2 Å². The molecule has 0 saturated heterocycles. The van der Waals surface area contributed by atoms with Crippen molar-refractivity contribution < 1.29 is 38.5 Å². The van der Waals surface area contributed by atoms with Gasteiger partial charge in [-0.25, -0.2) is 19.2 Å². The zero-order valence-corrected chi connectivity index (χ0v) is 21.0. The maximum Gasteiger partial charge on any atom is 0.437 e. The molecule has 0 aromatic heterocycles. The van der Waals surface area contributed by atoms with E-state index in [0.29, 0.717) is 0 Å². The lowest BCUT2D eigenvalue weighted by Gasteiger charge is -2.22. The summed E-state index contributed by atoms with van der Waals surface area (Å²) in [5.74, 6) is -1.44. The number of nitrogens with zero attached hydrogens (tertiary/aromatic N) is 1. The summed E-state index contributed by atoms with van der Waals surface area (Å²) >= 11 is 0. The van der Waals surface area contributed by atoms with E-state index in [9.17, 15) is 24.3 Å². The Balaban J connectivity index is 5.04. The van der Waals surface area contributed by atoms with Crippen molar-refractivity contribution >= 4 is 30.2 Å². The van der Waals surface area contributed by atoms with E-state index in [4.69, 9.17) is 14.2 Å². The number of ether oxygens (including phenoxy) is 3. The fraction of sp³-hybridized carbons (Fsp3) is 0.762. The van der Waals surface area contributed by atoms with Crippen LogP contribution in [0.1, 0.15) is 75.2 Å². The number of nitrogens with one attached hydrogen (secondary N) is 3. The Labute approximate surface area is 194 Å². The lowest BCUT2D eigenvalue weighted by atomic mass is 10.1. The second-order valence-corrected chi connectivity index (χ2v) is 10.2. The van der Waals surface area contributed by atoms with Gasteiger partial charge < -0.3 is 30.0 Å². The lowest BCUT2D eigenvalue weighted by Crippen LogP contribution is -2.45. The summed E-state index contributed by atoms with van der Waals surface area (Å²) in [6.45, 7) is 15.1. The number of hydrogen-bond donors (Lipinski definition) is 4. The summed E-state index contributed by atoms with van der Waals surface area (Å²) in [6.07, 6.45) is -2.32. The van der Waals surface area contributed by atoms with Gasteiger partial charge in [-0.15, -0.1) is 4.99 Å². The van der Waals surface area contributed by atoms with Crippen molar-refractivity contribution in [3.63, 3.8) is 0 Å². The van der Waals surface area contributed by atoms with Gasteiger partial charge in [0.1, 0.15) is 22.8 Å². The molecule has 0 rings (SSSR count). The van der Waals surface area contributed by atoms with Gasteiger partial charge >= 0.3 is 24.2 Å². The molecule has 1 atom stereocenters. The average molecular weight is 475 g/mol. The minimum Gasteiger partial charge on any atom is -0.480 e. The van der Waals surface area contributed by atoms with Crippen molar-refractivity contribution in [2.75, 3.05) is 6.54 Å². The van der Waals surface area contributed by atoms with Gasteiger partial charge in [0.05, 0.1) is 0 Å². The molecular formula is C21H38N4O8. The number of hydrogen-bond acceptors (Lipinski definition) is 7. The van der Waals surface area contributed by atoms with Crippen molar-refractivity contribution in [3.05, 3.63) is 0 Å². The molecule has 0 heterocycles. The standard InChI is InChI=1S/C21H38N4O8/c1-19(2,3)31-16(28)23-13(14(26)27)11-10-12-22-15(24-17(29)32-20(4,5)6)25-18(30)33-21(7,8)9/h13H,10-12H2,1-9H3,(H,23,28)(H,26,27)(H2,22,24,25,29,30)/t13-/m0/s1. The van der Waals surface area contributed by atoms with Crippen molar-refractivity contribution in [1.29, 1.82) is 0 Å². The topological polar surface area (TPSA) is 165 Å². The molecule has 0 spiro atoms. The van der Waals surface area contributed by atoms with Gasteiger partial charge in [-0.3, -0.25) is 5.32 Å². The van der Waals surface area contributed by atoms with Crippen LogP contribution < -0.4 is 16.0 Å². The largest absolute Gasteiger partial charge is 0.480 e. The number of aliphatic imine (C=N–C) groups is 1. The predicted molar refractivity (Wildman–Crippen MR) is 121 cm³/mol. The number of carbonyl (C=O) groups excluding carboxylic acids is 3. The first-order valence-corrected chi connectivity index (χ1v) is 10.6. The Kier molecular flexibility index (Phi) is 11.1. The Morgan fingerprint density at radius 2 is 1.30 bits per heavy atom. The molecule has 12 nitrogen and oxygen atoms in total. The third-order valence-electron chi connectivity index (χ3n) is 3.17. The molecule has 0 aliphatic heterocycles. The molecule has 0 unspecified atom stereocenters. The van der Waals surface area contributed by atoms with Crippen molar-refractivity contribution in [1.82, 2.24) is 16.0 Å². The van der Waals surface area contributed by atoms with E-state index >= 15 is 0 Å². The first-order valence-electron chi connectivity index (χ1n) is 10.6. The van der Waals surface area contributed by atoms with E-state index in [-0.39, 0.29) is 25.3 Å². The molecule has 33 heavy (non-hydrogen) atoms. The lowest BCUT2D eigenvalue weighted by molar-refractivity contribution is -0.139. The molecule has 12 heteroatoms. The number of guanidine groups is 1. The van der Waals surface area contributed by atoms with E-state index in [2.05, 4.69) is 20.9 Å². The molecule has 0 bridgehead atoms. The van der Waals surface area contributed by atoms with Crippen molar-refractivity contribution in [2.45, 2.75) is 98.0 Å². The molecule has 0 saturated carbocycles. The highest BCUT2D eigenvalue weighted by atomic mass is 16.6. The Morgan fingerprint density at radius 1 is 0.818 bits per heavy atom. The highest BCUT2D eigenvalue weighted by Gasteiger charge is 2.24. The van der Waals surface area contributed by atoms with Crippen LogP contribution in [0.15, 0.2) is 4.99 Å². The van der Waals surface area contributed by atoms with E-state index in [1.807, 2.05) is 0 Å². The summed E-state index contributed by atoms with van der Waals surface area (Å²) in [7, 11) is 0. The number of amides is 3. The fourth-order valence-electron chi connectivity index (χ4n) is 2.11. The molecule has 4 N–H and O–H groups in total. The molecule has 0 aromatic rings. The highest BCUT2D eigenvalue weighted by molar-refractivity contribution is 5.98. The zero-order chi connectivity index (χ0) is 26.0. The highest BCUT2D eigenvalue weighted by Crippen LogP contribution is 2.09. The minimum absolute atomic E-state index is 0.0493. The molecule has 190 valence electrons. The van der Waals surface area contributed by atoms with E-state index in [0.717, 1.165) is 0 Å². The van der Waals surface area contributed by atoms with Crippen molar-refractivity contribution in [3.8, 4) is 0 Å². The van der Waals surface area contributed by atoms with Gasteiger partial charge in [0.15, 0.2) is 0 Å². The van der Waals surface area contributed by atoms with Gasteiger partial charge in [0, 0.05) is 6.54 Å². The smallest absolute Gasteiger partial charge is 0.437 e. The molecular weight excluding hydrogens is 436 g/mol. The molecule has 0 aliphatic carbocycles. The Bertz CT molecular complexity index is 730. The normalized spacial score (nSPS) is 13.4. The number of rotatable bonds is 6. The van der Waals surface area contributed by atoms with E-state index in [1.54, 1.807) is 62.3 Å². The molecule has 0 fully saturated rings. The summed E-state index contributed by atoms with van der Waals surface area (Å²) < 4.78 is 15.3. The van der Waals surface area contributed by atoms with Crippen LogP contribution in [-0.2, 0) is 19.0 Å². The van der Waals surface area contributed by atoms with Crippen LogP contribution in [0.4, 0.5) is 14.4 Å². The van der Waals surface area contributed by atoms with Crippen LogP contribution in [-0.4, -0.2) is 64.7 Å². The van der Waals surface area contributed by atoms with E-state index in [1.165, 1.54) is 0 Å². The van der Waals surface area contributed by atoms with Crippen LogP contribution in [0.2, 0.25) is 0 Å². The first kappa shape index (κ1) is 29.9. The average Bonchev–Trinajstić information content (AvgIpc) is 2.51. The SMILES string of the molecule is CC(C)(C)OC(=O)/N=C(\NCCC[C@H](NC(=O)OC(C)(C)C)C(=O)O)NC(=O)OC(C)(C)C. The number of aliphatic carboxylic acids is 1. The maximum atomic E-state index is 12.1. The Hall–Kier alpha value is -3.05. The first-order chi connectivity index (χ1) is 14.8. The summed E-state index contributed by atoms with van der Waals surface area (Å²) in [5, 5.41) is 16.7. The van der Waals surface area contributed by atoms with Gasteiger partial charge in [-0.2, -0.15) is 0 Å². The molecule has 0 aromatic carbocycles. The second kappa shape index (κ2) is 12.3. The summed E-state index contributed by atoms with van der Waals surface area (Å²) in [5.41, 5.74) is -2.34. The number of carboxylic acids is 1. The summed E-state index contributed by atoms with van der Waals surface area (Å²) in [4.78, 5) is 51.1. The fourth-order valence-corrected chi connectivity index (χ4v) is 2.11. The van der Waals surface area contributed by atoms with Crippen LogP contribution in [0, 0.1) is 0 Å². The van der Waals surface area contributed by atoms with Crippen LogP contribution >= 0.6 is 0 Å². The number of alkyl carbamates (subject to hydrolysis) is 2. The van der Waals surface area contributed by atoms with Gasteiger partial charge in [-0.1, -0.05) is 0 Å². The van der Waals surface area contributed by atoms with Crippen LogP contribution in [0.5, 0.6) is 0 Å². The monoisotopic (exact) mass is 474 g/mol. The third-order valence-corrected chi connectivity index (χ3v) is 3.17. The van der Waals surface area contributed by atoms with Crippen LogP contribution in [0.25, 0.3) is 0 Å². The number of carboxylic acid groups (broad SMARTS) is 1. The minimum atomic E-state index is -1.23. The number of carbonyl (C=O) groups is 4. The van der Waals surface area contributed by atoms with Gasteiger partial charge in [0.25, 0.3) is 0 Å². The zero-order valence-electron chi connectivity index (χ0n) is 21.0. The molecule has 0 aliphatic rings. The summed E-state index contributed by atoms with van der Waals surface area (Å²) in [6, 6.07) is -1.19. The second-order valence-electron chi connectivity index (χ2n) is 10.2. The molecule has 3 amide bonds. The van der Waals surface area contributed by atoms with Crippen molar-refractivity contribution in [2.24, 2.45) is 4.99 Å². The van der Waals surface area contributed by atoms with Crippen LogP contribution in [0.3, 0.4) is 0 Å². The van der Waals surface area contributed by atoms with E-state index < -0.39 is 47.1 Å². The molecule has 0 radical (unpaired) electrons. The predicted octanol–water partition coefficient (Wildman–Crippen LogP) is 3.15. The van der Waals surface area contributed by atoms with Gasteiger partial charge in [0.2, 0.25) is 5.96 Å². The third kappa shape index (κ3) is 17.2. The maximum absolute atomic E-state index is 12.1. The quantitative estimate of drug-likeness (QED) is 0.196. The Morgan fingerprint density at radius 3 is 1.76 bits per heavy atom.